The Morgan fingerprint density at radius 2 is 1.60 bits per heavy atom. The van der Waals surface area contributed by atoms with E-state index in [1.54, 1.807) is 0 Å². The van der Waals surface area contributed by atoms with E-state index in [0.717, 1.165) is 0 Å². The van der Waals surface area contributed by atoms with Gasteiger partial charge in [0, 0.05) is 11.7 Å². The average Bonchev–Trinajstić information content (AvgIpc) is 2.13. The Bertz CT molecular complexity index is 281. The summed E-state index contributed by atoms with van der Waals surface area (Å²) in [4.78, 5) is 2.50. The molecule has 2 heteroatoms. The lowest BCUT2D eigenvalue weighted by molar-refractivity contribution is 0.143. The summed E-state index contributed by atoms with van der Waals surface area (Å²) < 4.78 is 0. The van der Waals surface area contributed by atoms with E-state index in [-0.39, 0.29) is 11.2 Å². The van der Waals surface area contributed by atoms with Crippen LogP contribution in [0.3, 0.4) is 0 Å². The molecular formula is C13H26N2. The third-order valence-corrected chi connectivity index (χ3v) is 3.04. The van der Waals surface area contributed by atoms with Crippen molar-refractivity contribution in [3.8, 4) is 0 Å². The minimum atomic E-state index is 0.0459. The van der Waals surface area contributed by atoms with E-state index in [9.17, 15) is 0 Å². The van der Waals surface area contributed by atoms with Crippen LogP contribution in [0.25, 0.3) is 0 Å². The molecule has 0 aromatic heterocycles. The Kier molecular flexibility index (Phi) is 2.94. The molecule has 1 N–H and O–H groups in total. The van der Waals surface area contributed by atoms with Crippen molar-refractivity contribution in [3.63, 3.8) is 0 Å². The molecule has 0 aromatic carbocycles. The molecule has 1 aliphatic heterocycles. The van der Waals surface area contributed by atoms with Gasteiger partial charge in [-0.3, -0.25) is 5.32 Å². The van der Waals surface area contributed by atoms with E-state index in [1.807, 2.05) is 0 Å². The Balaban J connectivity index is 3.28. The van der Waals surface area contributed by atoms with Gasteiger partial charge in [-0.05, 0) is 55.4 Å². The molecule has 0 aliphatic carbocycles. The van der Waals surface area contributed by atoms with Crippen molar-refractivity contribution < 1.29 is 0 Å². The van der Waals surface area contributed by atoms with Crippen LogP contribution < -0.4 is 5.32 Å². The van der Waals surface area contributed by atoms with Gasteiger partial charge in [0.15, 0.2) is 0 Å². The van der Waals surface area contributed by atoms with Crippen LogP contribution in [0.1, 0.15) is 55.4 Å². The molecule has 0 saturated carbocycles. The number of allylic oxidation sites excluding steroid dienone is 1. The van der Waals surface area contributed by atoms with E-state index in [1.165, 1.54) is 11.3 Å². The molecule has 1 rings (SSSR count). The first-order valence-corrected chi connectivity index (χ1v) is 5.86. The van der Waals surface area contributed by atoms with Gasteiger partial charge in [-0.1, -0.05) is 5.57 Å². The molecule has 0 unspecified atom stereocenters. The van der Waals surface area contributed by atoms with E-state index < -0.39 is 0 Å². The fourth-order valence-electron chi connectivity index (χ4n) is 3.23. The Morgan fingerprint density at radius 3 is 1.87 bits per heavy atom. The number of hydrogen-bond acceptors (Lipinski definition) is 2. The average molecular weight is 210 g/mol. The maximum absolute atomic E-state index is 3.70. The van der Waals surface area contributed by atoms with E-state index in [2.05, 4.69) is 65.6 Å². The van der Waals surface area contributed by atoms with Crippen LogP contribution in [0.4, 0.5) is 0 Å². The zero-order chi connectivity index (χ0) is 12.0. The van der Waals surface area contributed by atoms with Crippen LogP contribution >= 0.6 is 0 Å². The molecule has 1 heterocycles. The van der Waals surface area contributed by atoms with Crippen molar-refractivity contribution in [2.75, 3.05) is 0 Å². The highest BCUT2D eigenvalue weighted by atomic mass is 15.4. The molecule has 2 nitrogen and oxygen atoms in total. The van der Waals surface area contributed by atoms with Gasteiger partial charge in [-0.15, -0.1) is 0 Å². The summed E-state index contributed by atoms with van der Waals surface area (Å²) in [6.07, 6.45) is 0. The minimum absolute atomic E-state index is 0.0459. The number of nitrogens with zero attached hydrogens (tertiary/aromatic N) is 1. The predicted molar refractivity (Wildman–Crippen MR) is 66.6 cm³/mol. The number of nitrogens with one attached hydrogen (secondary N) is 1. The van der Waals surface area contributed by atoms with Crippen LogP contribution in [0.5, 0.6) is 0 Å². The van der Waals surface area contributed by atoms with Crippen molar-refractivity contribution >= 4 is 0 Å². The highest BCUT2D eigenvalue weighted by Crippen LogP contribution is 2.38. The van der Waals surface area contributed by atoms with E-state index in [4.69, 9.17) is 0 Å². The largest absolute Gasteiger partial charge is 0.353 e. The van der Waals surface area contributed by atoms with Crippen LogP contribution in [-0.4, -0.2) is 22.1 Å². The fraction of sp³-hybridized carbons (Fsp3) is 0.846. The molecule has 0 spiro atoms. The van der Waals surface area contributed by atoms with Crippen molar-refractivity contribution in [1.82, 2.24) is 10.2 Å². The predicted octanol–water partition coefficient (Wildman–Crippen LogP) is 3.11. The molecule has 1 fully saturated rings. The first-order chi connectivity index (χ1) is 6.59. The first kappa shape index (κ1) is 12.6. The SMILES string of the molecule is CC(C)=C1N(C(C)C)C(C)(C)NC1(C)C. The van der Waals surface area contributed by atoms with Gasteiger partial charge >= 0.3 is 0 Å². The Hall–Kier alpha value is -0.500. The van der Waals surface area contributed by atoms with Gasteiger partial charge in [0.1, 0.15) is 0 Å². The van der Waals surface area contributed by atoms with E-state index in [0.29, 0.717) is 6.04 Å². The summed E-state index contributed by atoms with van der Waals surface area (Å²) in [7, 11) is 0. The highest BCUT2D eigenvalue weighted by molar-refractivity contribution is 5.29. The second kappa shape index (κ2) is 3.51. The van der Waals surface area contributed by atoms with Gasteiger partial charge in [-0.25, -0.2) is 0 Å². The summed E-state index contributed by atoms with van der Waals surface area (Å²) in [5.74, 6) is 0. The summed E-state index contributed by atoms with van der Waals surface area (Å²) in [5.41, 5.74) is 2.98. The zero-order valence-electron chi connectivity index (χ0n) is 11.5. The molecule has 1 aliphatic rings. The molecule has 88 valence electrons. The topological polar surface area (TPSA) is 15.3 Å². The van der Waals surface area contributed by atoms with Gasteiger partial charge in [-0.2, -0.15) is 0 Å². The lowest BCUT2D eigenvalue weighted by Crippen LogP contribution is -2.50. The number of hydrogen-bond donors (Lipinski definition) is 1. The van der Waals surface area contributed by atoms with Gasteiger partial charge in [0.2, 0.25) is 0 Å². The normalized spacial score (nSPS) is 23.8. The van der Waals surface area contributed by atoms with Crippen molar-refractivity contribution in [2.45, 2.75) is 72.6 Å². The molecule has 1 saturated heterocycles. The molecular weight excluding hydrogens is 184 g/mol. The molecule has 0 radical (unpaired) electrons. The minimum Gasteiger partial charge on any atom is -0.353 e. The van der Waals surface area contributed by atoms with Crippen LogP contribution in [0, 0.1) is 0 Å². The first-order valence-electron chi connectivity index (χ1n) is 5.86. The Labute approximate surface area is 94.7 Å². The summed E-state index contributed by atoms with van der Waals surface area (Å²) in [6.45, 7) is 18.0. The fourth-order valence-corrected chi connectivity index (χ4v) is 3.23. The second-order valence-electron chi connectivity index (χ2n) is 6.12. The summed E-state index contributed by atoms with van der Waals surface area (Å²) >= 11 is 0. The van der Waals surface area contributed by atoms with E-state index >= 15 is 0 Å². The highest BCUT2D eigenvalue weighted by Gasteiger charge is 2.47. The monoisotopic (exact) mass is 210 g/mol. The lowest BCUT2D eigenvalue weighted by Gasteiger charge is -2.38. The van der Waals surface area contributed by atoms with Gasteiger partial charge < -0.3 is 4.90 Å². The van der Waals surface area contributed by atoms with Gasteiger partial charge in [0.25, 0.3) is 0 Å². The molecule has 0 aromatic rings. The van der Waals surface area contributed by atoms with Crippen molar-refractivity contribution in [2.24, 2.45) is 0 Å². The van der Waals surface area contributed by atoms with Crippen LogP contribution in [0.15, 0.2) is 11.3 Å². The summed E-state index contributed by atoms with van der Waals surface area (Å²) in [6, 6.07) is 0.527. The third kappa shape index (κ3) is 2.05. The lowest BCUT2D eigenvalue weighted by atomic mass is 9.98. The molecule has 0 atom stereocenters. The van der Waals surface area contributed by atoms with Crippen LogP contribution in [-0.2, 0) is 0 Å². The smallest absolute Gasteiger partial charge is 0.0858 e. The van der Waals surface area contributed by atoms with Crippen LogP contribution in [0.2, 0.25) is 0 Å². The Morgan fingerprint density at radius 1 is 1.13 bits per heavy atom. The van der Waals surface area contributed by atoms with Crippen molar-refractivity contribution in [3.05, 3.63) is 11.3 Å². The van der Waals surface area contributed by atoms with Crippen molar-refractivity contribution in [1.29, 1.82) is 0 Å². The zero-order valence-corrected chi connectivity index (χ0v) is 11.5. The molecule has 0 amide bonds. The third-order valence-electron chi connectivity index (χ3n) is 3.04. The second-order valence-corrected chi connectivity index (χ2v) is 6.12. The quantitative estimate of drug-likeness (QED) is 0.715. The molecule has 0 bridgehead atoms. The summed E-state index contributed by atoms with van der Waals surface area (Å²) in [5, 5.41) is 3.70. The standard InChI is InChI=1S/C13H26N2/c1-9(2)11-12(5,6)14-13(7,8)15(11)10(3)4/h10,14H,1-8H3. The van der Waals surface area contributed by atoms with Gasteiger partial charge in [0.05, 0.1) is 11.2 Å². The molecule has 15 heavy (non-hydrogen) atoms. The maximum atomic E-state index is 3.70. The maximum Gasteiger partial charge on any atom is 0.0858 e. The number of rotatable bonds is 1.